The van der Waals surface area contributed by atoms with Gasteiger partial charge in [0, 0.05) is 11.8 Å². The van der Waals surface area contributed by atoms with E-state index in [1.807, 2.05) is 12.1 Å². The summed E-state index contributed by atoms with van der Waals surface area (Å²) in [7, 11) is 0. The zero-order chi connectivity index (χ0) is 16.8. The van der Waals surface area contributed by atoms with E-state index >= 15 is 0 Å². The molecule has 1 unspecified atom stereocenters. The Bertz CT molecular complexity index is 686. The maximum atomic E-state index is 10.6. The van der Waals surface area contributed by atoms with Crippen LogP contribution in [0.25, 0.3) is 0 Å². The number of nitrogens with one attached hydrogen (secondary N) is 2. The predicted molar refractivity (Wildman–Crippen MR) is 95.9 cm³/mol. The van der Waals surface area contributed by atoms with Gasteiger partial charge in [-0.2, -0.15) is 0 Å². The third-order valence-corrected chi connectivity index (χ3v) is 3.75. The number of thiocarbonyl (C=S) groups is 1. The molecule has 2 rings (SSSR count). The van der Waals surface area contributed by atoms with Crippen LogP contribution < -0.4 is 10.6 Å². The third kappa shape index (κ3) is 4.72. The molecule has 0 spiro atoms. The number of aromatic nitrogens is 1. The maximum absolute atomic E-state index is 10.6. The first-order chi connectivity index (χ1) is 11.0. The molecule has 0 amide bonds. The number of anilines is 2. The number of hydrogen-bond donors (Lipinski definition) is 2. The monoisotopic (exact) mass is 330 g/mol. The van der Waals surface area contributed by atoms with Crippen LogP contribution in [0.15, 0.2) is 42.6 Å². The highest BCUT2D eigenvalue weighted by Gasteiger charge is 2.07. The Hall–Kier alpha value is -2.54. The van der Waals surface area contributed by atoms with E-state index in [0.29, 0.717) is 16.8 Å². The van der Waals surface area contributed by atoms with Gasteiger partial charge in [-0.3, -0.25) is 10.1 Å². The fourth-order valence-corrected chi connectivity index (χ4v) is 2.20. The van der Waals surface area contributed by atoms with E-state index in [1.54, 1.807) is 0 Å². The maximum Gasteiger partial charge on any atom is 0.287 e. The van der Waals surface area contributed by atoms with E-state index in [2.05, 4.69) is 41.6 Å². The second-order valence-corrected chi connectivity index (χ2v) is 5.58. The van der Waals surface area contributed by atoms with Gasteiger partial charge in [-0.25, -0.2) is 4.98 Å². The SMILES string of the molecule is CCC(C)c1ccc(NC(=S)Nc2ccc([N+](=O)[O-])cn2)cc1. The molecule has 1 aromatic heterocycles. The van der Waals surface area contributed by atoms with Gasteiger partial charge < -0.3 is 10.6 Å². The van der Waals surface area contributed by atoms with Crippen molar-refractivity contribution in [2.75, 3.05) is 10.6 Å². The van der Waals surface area contributed by atoms with E-state index in [-0.39, 0.29) is 5.69 Å². The lowest BCUT2D eigenvalue weighted by Gasteiger charge is -2.12. The average Bonchev–Trinajstić information content (AvgIpc) is 2.55. The van der Waals surface area contributed by atoms with Crippen molar-refractivity contribution in [3.8, 4) is 0 Å². The third-order valence-electron chi connectivity index (χ3n) is 3.55. The molecule has 0 aliphatic carbocycles. The number of rotatable bonds is 5. The minimum absolute atomic E-state index is 0.0601. The van der Waals surface area contributed by atoms with Crippen LogP contribution in [-0.2, 0) is 0 Å². The molecule has 120 valence electrons. The quantitative estimate of drug-likeness (QED) is 0.483. The molecule has 0 aliphatic rings. The first kappa shape index (κ1) is 16.8. The largest absolute Gasteiger partial charge is 0.332 e. The van der Waals surface area contributed by atoms with Gasteiger partial charge in [-0.1, -0.05) is 26.0 Å². The average molecular weight is 330 g/mol. The van der Waals surface area contributed by atoms with Gasteiger partial charge in [-0.15, -0.1) is 0 Å². The summed E-state index contributed by atoms with van der Waals surface area (Å²) in [4.78, 5) is 14.0. The van der Waals surface area contributed by atoms with Crippen molar-refractivity contribution in [1.29, 1.82) is 0 Å². The molecule has 0 fully saturated rings. The summed E-state index contributed by atoms with van der Waals surface area (Å²) in [5, 5.41) is 16.9. The molecule has 0 saturated heterocycles. The van der Waals surface area contributed by atoms with Gasteiger partial charge in [0.15, 0.2) is 5.11 Å². The fourth-order valence-electron chi connectivity index (χ4n) is 1.98. The van der Waals surface area contributed by atoms with Crippen LogP contribution in [0.1, 0.15) is 31.7 Å². The molecule has 2 aromatic rings. The topological polar surface area (TPSA) is 80.1 Å². The molecular weight excluding hydrogens is 312 g/mol. The highest BCUT2D eigenvalue weighted by Crippen LogP contribution is 2.20. The van der Waals surface area contributed by atoms with Crippen molar-refractivity contribution in [3.05, 3.63) is 58.3 Å². The van der Waals surface area contributed by atoms with Gasteiger partial charge in [0.1, 0.15) is 12.0 Å². The standard InChI is InChI=1S/C16H18N4O2S/c1-3-11(2)12-4-6-13(7-5-12)18-16(23)19-15-9-8-14(10-17-15)20(21)22/h4-11H,3H2,1-2H3,(H2,17,18,19,23). The summed E-state index contributed by atoms with van der Waals surface area (Å²) >= 11 is 5.21. The summed E-state index contributed by atoms with van der Waals surface area (Å²) < 4.78 is 0. The van der Waals surface area contributed by atoms with Crippen LogP contribution in [0.5, 0.6) is 0 Å². The van der Waals surface area contributed by atoms with Crippen molar-refractivity contribution in [3.63, 3.8) is 0 Å². The first-order valence-corrected chi connectivity index (χ1v) is 7.69. The lowest BCUT2D eigenvalue weighted by Crippen LogP contribution is -2.19. The smallest absolute Gasteiger partial charge is 0.287 e. The molecule has 0 aliphatic heterocycles. The molecular formula is C16H18N4O2S. The number of nitro groups is 1. The van der Waals surface area contributed by atoms with E-state index < -0.39 is 4.92 Å². The van der Waals surface area contributed by atoms with Crippen molar-refractivity contribution < 1.29 is 4.92 Å². The van der Waals surface area contributed by atoms with Crippen LogP contribution in [-0.4, -0.2) is 15.0 Å². The van der Waals surface area contributed by atoms with Gasteiger partial charge in [0.25, 0.3) is 5.69 Å². The van der Waals surface area contributed by atoms with Crippen LogP contribution in [0, 0.1) is 10.1 Å². The van der Waals surface area contributed by atoms with E-state index in [9.17, 15) is 10.1 Å². The molecule has 6 nitrogen and oxygen atoms in total. The summed E-state index contributed by atoms with van der Waals surface area (Å²) in [5.41, 5.74) is 2.10. The fraction of sp³-hybridized carbons (Fsp3) is 0.250. The lowest BCUT2D eigenvalue weighted by molar-refractivity contribution is -0.385. The minimum Gasteiger partial charge on any atom is -0.332 e. The Morgan fingerprint density at radius 3 is 2.48 bits per heavy atom. The van der Waals surface area contributed by atoms with Crippen LogP contribution >= 0.6 is 12.2 Å². The molecule has 1 aromatic carbocycles. The van der Waals surface area contributed by atoms with Gasteiger partial charge >= 0.3 is 0 Å². The molecule has 7 heteroatoms. The van der Waals surface area contributed by atoms with E-state index in [0.717, 1.165) is 12.1 Å². The van der Waals surface area contributed by atoms with Gasteiger partial charge in [0.2, 0.25) is 0 Å². The summed E-state index contributed by atoms with van der Waals surface area (Å²) in [5.74, 6) is 0.975. The summed E-state index contributed by atoms with van der Waals surface area (Å²) in [6.07, 6.45) is 2.28. The normalized spacial score (nSPS) is 11.6. The van der Waals surface area contributed by atoms with Crippen molar-refractivity contribution in [2.45, 2.75) is 26.2 Å². The molecule has 0 radical (unpaired) electrons. The highest BCUT2D eigenvalue weighted by atomic mass is 32.1. The summed E-state index contributed by atoms with van der Waals surface area (Å²) in [6, 6.07) is 11.0. The Kier molecular flexibility index (Phi) is 5.59. The number of benzene rings is 1. The molecule has 0 bridgehead atoms. The second kappa shape index (κ2) is 7.64. The molecule has 23 heavy (non-hydrogen) atoms. The van der Waals surface area contributed by atoms with Gasteiger partial charge in [-0.05, 0) is 48.3 Å². The van der Waals surface area contributed by atoms with Crippen molar-refractivity contribution in [2.24, 2.45) is 0 Å². The summed E-state index contributed by atoms with van der Waals surface area (Å²) in [6.45, 7) is 4.35. The Morgan fingerprint density at radius 2 is 1.96 bits per heavy atom. The minimum atomic E-state index is -0.494. The molecule has 0 saturated carbocycles. The zero-order valence-electron chi connectivity index (χ0n) is 12.9. The molecule has 1 heterocycles. The first-order valence-electron chi connectivity index (χ1n) is 7.28. The van der Waals surface area contributed by atoms with Crippen LogP contribution in [0.3, 0.4) is 0 Å². The Morgan fingerprint density at radius 1 is 1.26 bits per heavy atom. The van der Waals surface area contributed by atoms with E-state index in [1.165, 1.54) is 23.9 Å². The van der Waals surface area contributed by atoms with Crippen LogP contribution in [0.4, 0.5) is 17.2 Å². The van der Waals surface area contributed by atoms with Crippen molar-refractivity contribution in [1.82, 2.24) is 4.98 Å². The second-order valence-electron chi connectivity index (χ2n) is 5.17. The van der Waals surface area contributed by atoms with Crippen LogP contribution in [0.2, 0.25) is 0 Å². The predicted octanol–water partition coefficient (Wildman–Crippen LogP) is 4.31. The highest BCUT2D eigenvalue weighted by molar-refractivity contribution is 7.80. The number of pyridine rings is 1. The Labute approximate surface area is 140 Å². The molecule has 1 atom stereocenters. The lowest BCUT2D eigenvalue weighted by atomic mass is 9.99. The number of nitrogens with zero attached hydrogens (tertiary/aromatic N) is 2. The molecule has 2 N–H and O–H groups in total. The van der Waals surface area contributed by atoms with Crippen molar-refractivity contribution >= 4 is 34.5 Å². The Balaban J connectivity index is 1.95. The van der Waals surface area contributed by atoms with Gasteiger partial charge in [0.05, 0.1) is 4.92 Å². The number of hydrogen-bond acceptors (Lipinski definition) is 4. The van der Waals surface area contributed by atoms with E-state index in [4.69, 9.17) is 12.2 Å². The zero-order valence-corrected chi connectivity index (χ0v) is 13.8.